The van der Waals surface area contributed by atoms with Crippen LogP contribution in [0.5, 0.6) is 5.75 Å². The lowest BCUT2D eigenvalue weighted by Crippen LogP contribution is -2.46. The lowest BCUT2D eigenvalue weighted by Gasteiger charge is -2.30. The molecule has 2 rings (SSSR count). The first-order valence-electron chi connectivity index (χ1n) is 9.11. The minimum Gasteiger partial charge on any atom is -0.482 e. The molecule has 2 amide bonds. The smallest absolute Gasteiger partial charge is 0.265 e. The van der Waals surface area contributed by atoms with Crippen molar-refractivity contribution in [3.8, 4) is 5.75 Å². The van der Waals surface area contributed by atoms with Crippen molar-refractivity contribution in [2.75, 3.05) is 31.1 Å². The summed E-state index contributed by atoms with van der Waals surface area (Å²) in [5, 5.41) is 2.81. The van der Waals surface area contributed by atoms with E-state index in [9.17, 15) is 18.0 Å². The molecule has 0 spiro atoms. The second kappa shape index (κ2) is 8.71. The Kier molecular flexibility index (Phi) is 6.83. The average Bonchev–Trinajstić information content (AvgIpc) is 2.64. The van der Waals surface area contributed by atoms with Gasteiger partial charge in [0.05, 0.1) is 10.6 Å². The third-order valence-electron chi connectivity index (χ3n) is 4.54. The maximum absolute atomic E-state index is 12.8. The Morgan fingerprint density at radius 3 is 2.56 bits per heavy atom. The molecule has 1 unspecified atom stereocenters. The summed E-state index contributed by atoms with van der Waals surface area (Å²) in [7, 11) is -3.69. The molecule has 8 nitrogen and oxygen atoms in total. The maximum atomic E-state index is 12.8. The Morgan fingerprint density at radius 2 is 1.96 bits per heavy atom. The number of nitrogens with one attached hydrogen (secondary N) is 1. The molecule has 0 aromatic heterocycles. The molecule has 1 aliphatic rings. The summed E-state index contributed by atoms with van der Waals surface area (Å²) >= 11 is 0. The van der Waals surface area contributed by atoms with E-state index in [4.69, 9.17) is 4.74 Å². The van der Waals surface area contributed by atoms with E-state index in [1.165, 1.54) is 27.4 Å². The summed E-state index contributed by atoms with van der Waals surface area (Å²) in [5.41, 5.74) is 0.291. The number of carbonyl (C=O) groups is 2. The summed E-state index contributed by atoms with van der Waals surface area (Å²) < 4.78 is 32.3. The molecule has 1 aromatic carbocycles. The first-order chi connectivity index (χ1) is 12.7. The third kappa shape index (κ3) is 4.59. The van der Waals surface area contributed by atoms with Gasteiger partial charge in [0.15, 0.2) is 6.61 Å². The molecule has 0 bridgehead atoms. The van der Waals surface area contributed by atoms with Crippen molar-refractivity contribution < 1.29 is 22.7 Å². The molecule has 0 aliphatic carbocycles. The monoisotopic (exact) mass is 397 g/mol. The second-order valence-corrected chi connectivity index (χ2v) is 8.30. The van der Waals surface area contributed by atoms with Crippen molar-refractivity contribution in [1.82, 2.24) is 9.62 Å². The highest BCUT2D eigenvalue weighted by Crippen LogP contribution is 2.34. The Morgan fingerprint density at radius 1 is 1.30 bits per heavy atom. The fourth-order valence-electron chi connectivity index (χ4n) is 2.79. The standard InChI is InChI=1S/C18H27N3O5S/c1-5-13(4)19-17(22)11-21-15-10-14(27(24,25)20(6-2)7-3)8-9-16(15)26-12-18(21)23/h8-10,13H,5-7,11-12H2,1-4H3,(H,19,22). The van der Waals surface area contributed by atoms with Gasteiger partial charge in [-0.15, -0.1) is 0 Å². The Bertz CT molecular complexity index is 805. The molecule has 0 radical (unpaired) electrons. The number of sulfonamides is 1. The molecular formula is C18H27N3O5S. The zero-order chi connectivity index (χ0) is 20.2. The van der Waals surface area contributed by atoms with Crippen molar-refractivity contribution in [2.45, 2.75) is 45.1 Å². The maximum Gasteiger partial charge on any atom is 0.265 e. The van der Waals surface area contributed by atoms with Crippen LogP contribution in [0, 0.1) is 0 Å². The van der Waals surface area contributed by atoms with Gasteiger partial charge < -0.3 is 10.1 Å². The number of carbonyl (C=O) groups excluding carboxylic acids is 2. The molecule has 1 aromatic rings. The van der Waals surface area contributed by atoms with Gasteiger partial charge in [-0.25, -0.2) is 8.42 Å². The van der Waals surface area contributed by atoms with Crippen LogP contribution in [-0.4, -0.2) is 56.8 Å². The van der Waals surface area contributed by atoms with E-state index in [2.05, 4.69) is 5.32 Å². The molecule has 0 fully saturated rings. The molecule has 0 saturated heterocycles. The van der Waals surface area contributed by atoms with Crippen LogP contribution >= 0.6 is 0 Å². The lowest BCUT2D eigenvalue weighted by atomic mass is 10.2. The molecule has 27 heavy (non-hydrogen) atoms. The van der Waals surface area contributed by atoms with E-state index in [0.717, 1.165) is 6.42 Å². The predicted molar refractivity (Wildman–Crippen MR) is 102 cm³/mol. The summed E-state index contributed by atoms with van der Waals surface area (Å²) in [6.45, 7) is 7.65. The average molecular weight is 397 g/mol. The van der Waals surface area contributed by atoms with Gasteiger partial charge in [0.25, 0.3) is 5.91 Å². The van der Waals surface area contributed by atoms with Crippen LogP contribution in [0.25, 0.3) is 0 Å². The number of rotatable bonds is 8. The van der Waals surface area contributed by atoms with Crippen LogP contribution in [0.2, 0.25) is 0 Å². The van der Waals surface area contributed by atoms with Gasteiger partial charge in [-0.2, -0.15) is 4.31 Å². The zero-order valence-electron chi connectivity index (χ0n) is 16.2. The van der Waals surface area contributed by atoms with Crippen LogP contribution in [0.3, 0.4) is 0 Å². The number of amides is 2. The number of nitrogens with zero attached hydrogens (tertiary/aromatic N) is 2. The van der Waals surface area contributed by atoms with E-state index in [1.807, 2.05) is 13.8 Å². The Balaban J connectivity index is 2.37. The lowest BCUT2D eigenvalue weighted by molar-refractivity contribution is -0.125. The Hall–Kier alpha value is -2.13. The van der Waals surface area contributed by atoms with E-state index in [1.54, 1.807) is 13.8 Å². The highest BCUT2D eigenvalue weighted by atomic mass is 32.2. The van der Waals surface area contributed by atoms with Crippen LogP contribution in [0.4, 0.5) is 5.69 Å². The molecule has 1 aliphatic heterocycles. The quantitative estimate of drug-likeness (QED) is 0.714. The van der Waals surface area contributed by atoms with Gasteiger partial charge in [0, 0.05) is 19.1 Å². The number of ether oxygens (including phenoxy) is 1. The van der Waals surface area contributed by atoms with E-state index in [0.29, 0.717) is 24.5 Å². The SMILES string of the molecule is CCC(C)NC(=O)CN1C(=O)COc2ccc(S(=O)(=O)N(CC)CC)cc21. The topological polar surface area (TPSA) is 96.0 Å². The first-order valence-corrected chi connectivity index (χ1v) is 10.5. The van der Waals surface area contributed by atoms with Crippen LogP contribution < -0.4 is 15.0 Å². The number of hydrogen-bond donors (Lipinski definition) is 1. The minimum absolute atomic E-state index is 0.0116. The van der Waals surface area contributed by atoms with Crippen molar-refractivity contribution in [1.29, 1.82) is 0 Å². The first kappa shape index (κ1) is 21.2. The predicted octanol–water partition coefficient (Wildman–Crippen LogP) is 1.36. The number of anilines is 1. The van der Waals surface area contributed by atoms with E-state index < -0.39 is 10.0 Å². The van der Waals surface area contributed by atoms with E-state index >= 15 is 0 Å². The third-order valence-corrected chi connectivity index (χ3v) is 6.58. The Labute approximate surface area is 160 Å². The van der Waals surface area contributed by atoms with Crippen molar-refractivity contribution in [3.63, 3.8) is 0 Å². The van der Waals surface area contributed by atoms with Crippen molar-refractivity contribution in [2.24, 2.45) is 0 Å². The highest BCUT2D eigenvalue weighted by molar-refractivity contribution is 7.89. The zero-order valence-corrected chi connectivity index (χ0v) is 17.0. The van der Waals surface area contributed by atoms with Crippen LogP contribution in [0.1, 0.15) is 34.1 Å². The molecule has 9 heteroatoms. The highest BCUT2D eigenvalue weighted by Gasteiger charge is 2.30. The molecule has 1 N–H and O–H groups in total. The fourth-order valence-corrected chi connectivity index (χ4v) is 4.27. The molecule has 150 valence electrons. The normalized spacial score (nSPS) is 15.3. The van der Waals surface area contributed by atoms with Gasteiger partial charge in [0.1, 0.15) is 12.3 Å². The van der Waals surface area contributed by atoms with Gasteiger partial charge in [-0.3, -0.25) is 14.5 Å². The van der Waals surface area contributed by atoms with E-state index in [-0.39, 0.29) is 35.9 Å². The summed E-state index contributed by atoms with van der Waals surface area (Å²) in [6.07, 6.45) is 0.769. The number of benzene rings is 1. The van der Waals surface area contributed by atoms with Gasteiger partial charge in [-0.1, -0.05) is 20.8 Å². The summed E-state index contributed by atoms with van der Waals surface area (Å²) in [5.74, 6) is -0.314. The summed E-state index contributed by atoms with van der Waals surface area (Å²) in [6, 6.07) is 4.37. The summed E-state index contributed by atoms with van der Waals surface area (Å²) in [4.78, 5) is 25.9. The number of hydrogen-bond acceptors (Lipinski definition) is 5. The fraction of sp³-hybridized carbons (Fsp3) is 0.556. The second-order valence-electron chi connectivity index (χ2n) is 6.36. The molecule has 0 saturated carbocycles. The molecule has 1 heterocycles. The van der Waals surface area contributed by atoms with Crippen LogP contribution in [0.15, 0.2) is 23.1 Å². The minimum atomic E-state index is -3.69. The largest absolute Gasteiger partial charge is 0.482 e. The van der Waals surface area contributed by atoms with Crippen molar-refractivity contribution in [3.05, 3.63) is 18.2 Å². The molecule has 1 atom stereocenters. The number of fused-ring (bicyclic) bond motifs is 1. The van der Waals surface area contributed by atoms with Crippen molar-refractivity contribution >= 4 is 27.5 Å². The van der Waals surface area contributed by atoms with Gasteiger partial charge >= 0.3 is 0 Å². The van der Waals surface area contributed by atoms with Crippen LogP contribution in [-0.2, 0) is 19.6 Å². The van der Waals surface area contributed by atoms with Gasteiger partial charge in [-0.05, 0) is 31.5 Å². The van der Waals surface area contributed by atoms with Gasteiger partial charge in [0.2, 0.25) is 15.9 Å². The molecular weight excluding hydrogens is 370 g/mol.